The SMILES string of the molecule is COc1ccc([C@]2(O)C[N+]3=C(CCCCC3)N2c2ccccc2)cc1. The second kappa shape index (κ2) is 6.52. The number of hydrogen-bond donors (Lipinski definition) is 1. The fraction of sp³-hybridized carbons (Fsp3) is 0.381. The van der Waals surface area contributed by atoms with Gasteiger partial charge in [-0.05, 0) is 55.7 Å². The summed E-state index contributed by atoms with van der Waals surface area (Å²) in [6, 6.07) is 18.0. The summed E-state index contributed by atoms with van der Waals surface area (Å²) in [5.74, 6) is 2.04. The van der Waals surface area contributed by atoms with Crippen LogP contribution in [0.15, 0.2) is 54.6 Å². The Kier molecular flexibility index (Phi) is 4.22. The molecule has 4 rings (SSSR count). The Morgan fingerprint density at radius 1 is 1.00 bits per heavy atom. The van der Waals surface area contributed by atoms with Gasteiger partial charge < -0.3 is 9.84 Å². The van der Waals surface area contributed by atoms with E-state index in [1.807, 2.05) is 42.5 Å². The van der Waals surface area contributed by atoms with E-state index in [4.69, 9.17) is 4.74 Å². The van der Waals surface area contributed by atoms with Gasteiger partial charge in [-0.25, -0.2) is 0 Å². The Hall–Kier alpha value is -2.33. The van der Waals surface area contributed by atoms with Crippen LogP contribution in [0.2, 0.25) is 0 Å². The summed E-state index contributed by atoms with van der Waals surface area (Å²) in [4.78, 5) is 2.14. The van der Waals surface area contributed by atoms with Crippen molar-refractivity contribution in [1.29, 1.82) is 0 Å². The predicted molar refractivity (Wildman–Crippen MR) is 99.3 cm³/mol. The van der Waals surface area contributed by atoms with Gasteiger partial charge in [-0.3, -0.25) is 4.58 Å². The van der Waals surface area contributed by atoms with E-state index < -0.39 is 5.72 Å². The van der Waals surface area contributed by atoms with Gasteiger partial charge in [0.05, 0.1) is 13.7 Å². The summed E-state index contributed by atoms with van der Waals surface area (Å²) in [7, 11) is 1.66. The molecule has 1 N–H and O–H groups in total. The second-order valence-electron chi connectivity index (χ2n) is 6.86. The molecule has 0 unspecified atom stereocenters. The Bertz CT molecular complexity index is 770. The van der Waals surface area contributed by atoms with Crippen LogP contribution in [0.4, 0.5) is 5.69 Å². The zero-order valence-corrected chi connectivity index (χ0v) is 14.7. The molecule has 0 aromatic heterocycles. The number of amidine groups is 1. The highest BCUT2D eigenvalue weighted by Crippen LogP contribution is 2.38. The van der Waals surface area contributed by atoms with Crippen molar-refractivity contribution in [2.75, 3.05) is 25.1 Å². The molecular weight excluding hydrogens is 312 g/mol. The Labute approximate surface area is 149 Å². The largest absolute Gasteiger partial charge is 0.497 e. The Balaban J connectivity index is 1.80. The molecule has 0 amide bonds. The molecule has 2 aromatic carbocycles. The van der Waals surface area contributed by atoms with Crippen LogP contribution in [-0.2, 0) is 5.72 Å². The van der Waals surface area contributed by atoms with Crippen LogP contribution < -0.4 is 9.64 Å². The van der Waals surface area contributed by atoms with Gasteiger partial charge in [-0.15, -0.1) is 0 Å². The van der Waals surface area contributed by atoms with Crippen LogP contribution in [0.5, 0.6) is 5.75 Å². The van der Waals surface area contributed by atoms with E-state index >= 15 is 0 Å². The second-order valence-corrected chi connectivity index (χ2v) is 6.86. The third kappa shape index (κ3) is 2.81. The number of para-hydroxylation sites is 1. The molecule has 0 spiro atoms. The molecule has 2 aliphatic rings. The Morgan fingerprint density at radius 3 is 2.48 bits per heavy atom. The maximum atomic E-state index is 11.8. The van der Waals surface area contributed by atoms with Crippen LogP contribution in [0.3, 0.4) is 0 Å². The number of benzene rings is 2. The first-order valence-electron chi connectivity index (χ1n) is 9.05. The molecule has 0 fully saturated rings. The molecule has 2 aliphatic heterocycles. The fourth-order valence-corrected chi connectivity index (χ4v) is 4.04. The van der Waals surface area contributed by atoms with Gasteiger partial charge in [0.2, 0.25) is 0 Å². The van der Waals surface area contributed by atoms with E-state index in [0.29, 0.717) is 6.54 Å². The first-order valence-corrected chi connectivity index (χ1v) is 9.05. The lowest BCUT2D eigenvalue weighted by Gasteiger charge is -2.29. The number of hydrogen-bond acceptors (Lipinski definition) is 3. The summed E-state index contributed by atoms with van der Waals surface area (Å²) in [5.41, 5.74) is 0.887. The zero-order chi connectivity index (χ0) is 17.3. The topological polar surface area (TPSA) is 35.7 Å². The van der Waals surface area contributed by atoms with Gasteiger partial charge in [0, 0.05) is 12.0 Å². The number of ether oxygens (including phenoxy) is 1. The lowest BCUT2D eigenvalue weighted by molar-refractivity contribution is -0.534. The van der Waals surface area contributed by atoms with E-state index in [0.717, 1.165) is 30.0 Å². The molecule has 0 saturated carbocycles. The summed E-state index contributed by atoms with van der Waals surface area (Å²) < 4.78 is 7.64. The van der Waals surface area contributed by atoms with Crippen molar-refractivity contribution in [2.24, 2.45) is 0 Å². The van der Waals surface area contributed by atoms with E-state index in [1.165, 1.54) is 25.1 Å². The van der Waals surface area contributed by atoms with Crippen molar-refractivity contribution < 1.29 is 14.4 Å². The summed E-state index contributed by atoms with van der Waals surface area (Å²) in [6.45, 7) is 1.61. The lowest BCUT2D eigenvalue weighted by atomic mass is 9.99. The first-order chi connectivity index (χ1) is 12.2. The Morgan fingerprint density at radius 2 is 1.76 bits per heavy atom. The smallest absolute Gasteiger partial charge is 0.275 e. The standard InChI is InChI=1S/C21H25N2O2/c1-25-19-13-11-17(12-14-19)21(24)16-22-15-7-3-6-10-20(22)23(21)18-8-4-2-5-9-18/h2,4-5,8-9,11-14,24H,3,6-7,10,15-16H2,1H3/q+1/t21-/m1/s1. The minimum Gasteiger partial charge on any atom is -0.497 e. The highest BCUT2D eigenvalue weighted by Gasteiger charge is 2.53. The van der Waals surface area contributed by atoms with Crippen LogP contribution >= 0.6 is 0 Å². The lowest BCUT2D eigenvalue weighted by Crippen LogP contribution is -2.47. The van der Waals surface area contributed by atoms with Gasteiger partial charge in [-0.2, -0.15) is 4.90 Å². The van der Waals surface area contributed by atoms with Gasteiger partial charge in [-0.1, -0.05) is 18.2 Å². The van der Waals surface area contributed by atoms with Crippen molar-refractivity contribution in [3.63, 3.8) is 0 Å². The van der Waals surface area contributed by atoms with Crippen LogP contribution in [-0.4, -0.2) is 35.7 Å². The first kappa shape index (κ1) is 16.2. The van der Waals surface area contributed by atoms with E-state index in [2.05, 4.69) is 21.6 Å². The summed E-state index contributed by atoms with van der Waals surface area (Å²) in [5, 5.41) is 11.8. The van der Waals surface area contributed by atoms with Crippen LogP contribution in [0.25, 0.3) is 0 Å². The molecule has 0 aliphatic carbocycles. The fourth-order valence-electron chi connectivity index (χ4n) is 4.04. The van der Waals surface area contributed by atoms with Crippen LogP contribution in [0, 0.1) is 0 Å². The molecule has 1 atom stereocenters. The highest BCUT2D eigenvalue weighted by molar-refractivity contribution is 5.97. The van der Waals surface area contributed by atoms with Crippen molar-refractivity contribution in [3.8, 4) is 5.75 Å². The van der Waals surface area contributed by atoms with Gasteiger partial charge >= 0.3 is 0 Å². The third-order valence-electron chi connectivity index (χ3n) is 5.30. The maximum Gasteiger partial charge on any atom is 0.275 e. The van der Waals surface area contributed by atoms with Crippen molar-refractivity contribution in [3.05, 3.63) is 60.2 Å². The van der Waals surface area contributed by atoms with E-state index in [9.17, 15) is 5.11 Å². The maximum absolute atomic E-state index is 11.8. The molecule has 2 aromatic rings. The molecule has 0 bridgehead atoms. The van der Waals surface area contributed by atoms with Crippen molar-refractivity contribution in [2.45, 2.75) is 31.4 Å². The van der Waals surface area contributed by atoms with Gasteiger partial charge in [0.25, 0.3) is 11.6 Å². The number of methoxy groups -OCH3 is 1. The molecule has 25 heavy (non-hydrogen) atoms. The third-order valence-corrected chi connectivity index (χ3v) is 5.30. The van der Waals surface area contributed by atoms with Gasteiger partial charge in [0.15, 0.2) is 6.54 Å². The molecule has 0 radical (unpaired) electrons. The van der Waals surface area contributed by atoms with E-state index in [-0.39, 0.29) is 0 Å². The quantitative estimate of drug-likeness (QED) is 0.873. The average Bonchev–Trinajstić information content (AvgIpc) is 2.79. The summed E-state index contributed by atoms with van der Waals surface area (Å²) in [6.07, 6.45) is 4.62. The van der Waals surface area contributed by atoms with Crippen molar-refractivity contribution >= 4 is 11.5 Å². The molecule has 4 nitrogen and oxygen atoms in total. The molecule has 0 saturated heterocycles. The number of anilines is 1. The van der Waals surface area contributed by atoms with Crippen LogP contribution in [0.1, 0.15) is 31.2 Å². The normalized spacial score (nSPS) is 23.4. The minimum atomic E-state index is -1.06. The number of rotatable bonds is 3. The molecule has 130 valence electrons. The molecule has 2 heterocycles. The molecule has 4 heteroatoms. The minimum absolute atomic E-state index is 0.601. The molecular formula is C21H25N2O2+. The monoisotopic (exact) mass is 337 g/mol. The number of aliphatic hydroxyl groups is 1. The van der Waals surface area contributed by atoms with Crippen molar-refractivity contribution in [1.82, 2.24) is 0 Å². The predicted octanol–water partition coefficient (Wildman–Crippen LogP) is 3.35. The highest BCUT2D eigenvalue weighted by atomic mass is 16.5. The van der Waals surface area contributed by atoms with E-state index in [1.54, 1.807) is 7.11 Å². The zero-order valence-electron chi connectivity index (χ0n) is 14.7. The number of nitrogens with zero attached hydrogens (tertiary/aromatic N) is 2. The van der Waals surface area contributed by atoms with Gasteiger partial charge in [0.1, 0.15) is 11.4 Å². The average molecular weight is 337 g/mol. The summed E-state index contributed by atoms with van der Waals surface area (Å²) >= 11 is 0.